The van der Waals surface area contributed by atoms with Crippen LogP contribution in [0.25, 0.3) is 0 Å². The number of nitrogens with one attached hydrogen (secondary N) is 1. The van der Waals surface area contributed by atoms with E-state index in [-0.39, 0.29) is 17.3 Å². The average molecular weight is 287 g/mol. The second-order valence-electron chi connectivity index (χ2n) is 7.55. The van der Waals surface area contributed by atoms with Gasteiger partial charge in [0.2, 0.25) is 5.91 Å². The van der Waals surface area contributed by atoms with Crippen LogP contribution in [0.1, 0.15) is 44.1 Å². The summed E-state index contributed by atoms with van der Waals surface area (Å²) in [6.07, 6.45) is 7.90. The Labute approximate surface area is 125 Å². The first-order valence-corrected chi connectivity index (χ1v) is 8.16. The molecule has 0 radical (unpaired) electrons. The van der Waals surface area contributed by atoms with E-state index in [9.17, 15) is 9.18 Å². The molecule has 112 valence electrons. The van der Waals surface area contributed by atoms with E-state index in [0.717, 1.165) is 42.6 Å². The van der Waals surface area contributed by atoms with E-state index < -0.39 is 0 Å². The van der Waals surface area contributed by atoms with Crippen molar-refractivity contribution in [3.63, 3.8) is 0 Å². The smallest absolute Gasteiger partial charge is 0.224 e. The minimum absolute atomic E-state index is 0.0547. The zero-order chi connectivity index (χ0) is 14.4. The Morgan fingerprint density at radius 2 is 1.76 bits per heavy atom. The summed E-state index contributed by atoms with van der Waals surface area (Å²) in [7, 11) is 0. The summed E-state index contributed by atoms with van der Waals surface area (Å²) in [4.78, 5) is 12.4. The quantitative estimate of drug-likeness (QED) is 0.906. The van der Waals surface area contributed by atoms with Crippen molar-refractivity contribution in [2.75, 3.05) is 0 Å². The molecule has 1 aromatic carbocycles. The number of hydrogen-bond acceptors (Lipinski definition) is 1. The standard InChI is InChI=1S/C18H22FNO/c19-16-3-1-2-12(7-16)8-17(21)20-18-9-13-4-14(10-18)6-15(5-13)11-18/h1-3,7,13-15H,4-6,8-11H2,(H,20,21). The summed E-state index contributed by atoms with van der Waals surface area (Å²) in [6, 6.07) is 6.37. The summed E-state index contributed by atoms with van der Waals surface area (Å²) in [5.41, 5.74) is 0.816. The SMILES string of the molecule is O=C(Cc1cccc(F)c1)NC12CC3CC(CC(C3)C1)C2. The molecule has 3 heteroatoms. The zero-order valence-corrected chi connectivity index (χ0v) is 12.3. The Kier molecular flexibility index (Phi) is 3.05. The van der Waals surface area contributed by atoms with Gasteiger partial charge in [0.25, 0.3) is 0 Å². The molecule has 0 heterocycles. The third-order valence-corrected chi connectivity index (χ3v) is 5.70. The molecule has 1 aromatic rings. The van der Waals surface area contributed by atoms with Crippen molar-refractivity contribution in [2.45, 2.75) is 50.5 Å². The highest BCUT2D eigenvalue weighted by Gasteiger charge is 2.51. The van der Waals surface area contributed by atoms with Gasteiger partial charge >= 0.3 is 0 Å². The van der Waals surface area contributed by atoms with Gasteiger partial charge in [-0.1, -0.05) is 12.1 Å². The van der Waals surface area contributed by atoms with Crippen molar-refractivity contribution in [2.24, 2.45) is 17.8 Å². The van der Waals surface area contributed by atoms with Crippen LogP contribution in [0.15, 0.2) is 24.3 Å². The number of rotatable bonds is 3. The fourth-order valence-electron chi connectivity index (χ4n) is 5.44. The number of carbonyl (C=O) groups is 1. The molecular formula is C18H22FNO. The molecule has 5 rings (SSSR count). The molecule has 1 N–H and O–H groups in total. The highest BCUT2D eigenvalue weighted by Crippen LogP contribution is 2.55. The van der Waals surface area contributed by atoms with E-state index in [1.165, 1.54) is 31.4 Å². The van der Waals surface area contributed by atoms with E-state index in [1.54, 1.807) is 6.07 Å². The summed E-state index contributed by atoms with van der Waals surface area (Å²) >= 11 is 0. The van der Waals surface area contributed by atoms with Gasteiger partial charge in [0, 0.05) is 5.54 Å². The maximum absolute atomic E-state index is 13.2. The Hall–Kier alpha value is -1.38. The van der Waals surface area contributed by atoms with E-state index >= 15 is 0 Å². The molecule has 0 unspecified atom stereocenters. The van der Waals surface area contributed by atoms with Gasteiger partial charge < -0.3 is 5.32 Å². The minimum atomic E-state index is -0.268. The molecule has 4 fully saturated rings. The van der Waals surface area contributed by atoms with Crippen LogP contribution < -0.4 is 5.32 Å². The van der Waals surface area contributed by atoms with Gasteiger partial charge in [-0.3, -0.25) is 4.79 Å². The molecular weight excluding hydrogens is 265 g/mol. The van der Waals surface area contributed by atoms with Crippen molar-refractivity contribution in [1.29, 1.82) is 0 Å². The fourth-order valence-corrected chi connectivity index (χ4v) is 5.44. The summed E-state index contributed by atoms with van der Waals surface area (Å²) in [6.45, 7) is 0. The lowest BCUT2D eigenvalue weighted by Crippen LogP contribution is -2.60. The van der Waals surface area contributed by atoms with Gasteiger partial charge in [0.05, 0.1) is 6.42 Å². The number of carbonyl (C=O) groups excluding carboxylic acids is 1. The van der Waals surface area contributed by atoms with E-state index in [1.807, 2.05) is 6.07 Å². The van der Waals surface area contributed by atoms with Crippen LogP contribution in [0.4, 0.5) is 4.39 Å². The number of benzene rings is 1. The van der Waals surface area contributed by atoms with Crippen molar-refractivity contribution in [3.05, 3.63) is 35.6 Å². The molecule has 2 nitrogen and oxygen atoms in total. The van der Waals surface area contributed by atoms with Crippen LogP contribution in [0.3, 0.4) is 0 Å². The van der Waals surface area contributed by atoms with Gasteiger partial charge in [-0.15, -0.1) is 0 Å². The molecule has 0 aromatic heterocycles. The van der Waals surface area contributed by atoms with E-state index in [0.29, 0.717) is 6.42 Å². The predicted octanol–water partition coefficient (Wildman–Crippen LogP) is 3.45. The Morgan fingerprint density at radius 3 is 2.33 bits per heavy atom. The molecule has 21 heavy (non-hydrogen) atoms. The molecule has 0 atom stereocenters. The second kappa shape index (κ2) is 4.82. The van der Waals surface area contributed by atoms with Crippen LogP contribution in [-0.2, 0) is 11.2 Å². The number of amides is 1. The van der Waals surface area contributed by atoms with Crippen molar-refractivity contribution >= 4 is 5.91 Å². The van der Waals surface area contributed by atoms with Crippen LogP contribution in [0.5, 0.6) is 0 Å². The monoisotopic (exact) mass is 287 g/mol. The molecule has 0 aliphatic heterocycles. The molecule has 1 amide bonds. The first kappa shape index (κ1) is 13.3. The topological polar surface area (TPSA) is 29.1 Å². The third kappa shape index (κ3) is 2.58. The normalized spacial score (nSPS) is 36.7. The van der Waals surface area contributed by atoms with Gasteiger partial charge in [-0.05, 0) is 74.0 Å². The molecule has 4 bridgehead atoms. The van der Waals surface area contributed by atoms with Crippen LogP contribution >= 0.6 is 0 Å². The summed E-state index contributed by atoms with van der Waals surface area (Å²) in [5, 5.41) is 3.33. The first-order chi connectivity index (χ1) is 10.1. The maximum atomic E-state index is 13.2. The lowest BCUT2D eigenvalue weighted by molar-refractivity contribution is -0.126. The first-order valence-electron chi connectivity index (χ1n) is 8.16. The van der Waals surface area contributed by atoms with Gasteiger partial charge in [0.15, 0.2) is 0 Å². The maximum Gasteiger partial charge on any atom is 0.224 e. The van der Waals surface area contributed by atoms with Gasteiger partial charge in [-0.2, -0.15) is 0 Å². The summed E-state index contributed by atoms with van der Waals surface area (Å²) < 4.78 is 13.2. The van der Waals surface area contributed by atoms with Crippen molar-refractivity contribution in [1.82, 2.24) is 5.32 Å². The minimum Gasteiger partial charge on any atom is -0.350 e. The van der Waals surface area contributed by atoms with Gasteiger partial charge in [0.1, 0.15) is 5.82 Å². The predicted molar refractivity (Wildman–Crippen MR) is 79.1 cm³/mol. The van der Waals surface area contributed by atoms with Crippen LogP contribution in [0, 0.1) is 23.6 Å². The zero-order valence-electron chi connectivity index (χ0n) is 12.3. The third-order valence-electron chi connectivity index (χ3n) is 5.70. The summed E-state index contributed by atoms with van der Waals surface area (Å²) in [5.74, 6) is 2.26. The Balaban J connectivity index is 1.45. The highest BCUT2D eigenvalue weighted by molar-refractivity contribution is 5.79. The molecule has 4 aliphatic carbocycles. The number of hydrogen-bond donors (Lipinski definition) is 1. The van der Waals surface area contributed by atoms with Crippen molar-refractivity contribution < 1.29 is 9.18 Å². The second-order valence-corrected chi connectivity index (χ2v) is 7.55. The largest absolute Gasteiger partial charge is 0.350 e. The Morgan fingerprint density at radius 1 is 1.14 bits per heavy atom. The van der Waals surface area contributed by atoms with Gasteiger partial charge in [-0.25, -0.2) is 4.39 Å². The van der Waals surface area contributed by atoms with Crippen LogP contribution in [-0.4, -0.2) is 11.4 Å². The molecule has 4 saturated carbocycles. The number of halogens is 1. The van der Waals surface area contributed by atoms with Crippen LogP contribution in [0.2, 0.25) is 0 Å². The molecule has 0 spiro atoms. The highest BCUT2D eigenvalue weighted by atomic mass is 19.1. The lowest BCUT2D eigenvalue weighted by Gasteiger charge is -2.56. The lowest BCUT2D eigenvalue weighted by atomic mass is 9.53. The van der Waals surface area contributed by atoms with Crippen molar-refractivity contribution in [3.8, 4) is 0 Å². The molecule has 0 saturated heterocycles. The van der Waals surface area contributed by atoms with E-state index in [4.69, 9.17) is 0 Å². The van der Waals surface area contributed by atoms with E-state index in [2.05, 4.69) is 5.32 Å². The Bertz CT molecular complexity index is 533. The average Bonchev–Trinajstić information content (AvgIpc) is 2.35. The fraction of sp³-hybridized carbons (Fsp3) is 0.611. The molecule has 4 aliphatic rings.